The number of aromatic nitrogens is 1. The molecule has 30 heavy (non-hydrogen) atoms. The summed E-state index contributed by atoms with van der Waals surface area (Å²) in [4.78, 5) is 16.5. The maximum atomic E-state index is 12.3. The Labute approximate surface area is 178 Å². The van der Waals surface area contributed by atoms with Crippen molar-refractivity contribution >= 4 is 12.1 Å². The zero-order chi connectivity index (χ0) is 22.1. The van der Waals surface area contributed by atoms with Gasteiger partial charge in [-0.05, 0) is 32.3 Å². The molecule has 1 atom stereocenters. The van der Waals surface area contributed by atoms with Crippen LogP contribution in [0, 0.1) is 0 Å². The summed E-state index contributed by atoms with van der Waals surface area (Å²) in [5.41, 5.74) is 1.31. The van der Waals surface area contributed by atoms with E-state index >= 15 is 0 Å². The fraction of sp³-hybridized carbons (Fsp3) is 0.500. The molecular formula is C22H33N5O3. The van der Waals surface area contributed by atoms with Crippen molar-refractivity contribution in [1.82, 2.24) is 21.1 Å². The van der Waals surface area contributed by atoms with Crippen LogP contribution in [0.5, 0.6) is 0 Å². The van der Waals surface area contributed by atoms with Gasteiger partial charge in [0, 0.05) is 19.7 Å². The summed E-state index contributed by atoms with van der Waals surface area (Å²) in [6, 6.07) is 11.4. The van der Waals surface area contributed by atoms with Gasteiger partial charge in [0.25, 0.3) is 0 Å². The zero-order valence-corrected chi connectivity index (χ0v) is 18.7. The largest absolute Gasteiger partial charge is 0.444 e. The standard InChI is InChI=1S/C22H33N5O3/c1-15(2)18-12-17(30-27-18)13-24-20(23-6)25-14-19(16-10-8-7-9-11-16)26-21(28)29-22(3,4)5/h7-12,15,19H,13-14H2,1-6H3,(H,26,28)(H2,23,24,25). The van der Waals surface area contributed by atoms with Crippen molar-refractivity contribution in [3.05, 3.63) is 53.4 Å². The van der Waals surface area contributed by atoms with Crippen molar-refractivity contribution in [2.45, 2.75) is 58.7 Å². The van der Waals surface area contributed by atoms with Crippen LogP contribution in [0.2, 0.25) is 0 Å². The van der Waals surface area contributed by atoms with Crippen LogP contribution in [0.15, 0.2) is 45.9 Å². The van der Waals surface area contributed by atoms with Crippen molar-refractivity contribution < 1.29 is 14.1 Å². The number of carbonyl (C=O) groups is 1. The van der Waals surface area contributed by atoms with E-state index in [-0.39, 0.29) is 6.04 Å². The summed E-state index contributed by atoms with van der Waals surface area (Å²) >= 11 is 0. The molecule has 1 aromatic carbocycles. The molecule has 1 aromatic heterocycles. The summed E-state index contributed by atoms with van der Waals surface area (Å²) in [5.74, 6) is 1.63. The van der Waals surface area contributed by atoms with E-state index in [0.29, 0.717) is 25.0 Å². The molecule has 0 saturated carbocycles. The molecule has 8 nitrogen and oxygen atoms in total. The Morgan fingerprint density at radius 3 is 2.47 bits per heavy atom. The van der Waals surface area contributed by atoms with E-state index < -0.39 is 11.7 Å². The Balaban J connectivity index is 1.97. The Kier molecular flexibility index (Phi) is 8.26. The molecule has 0 spiro atoms. The molecule has 164 valence electrons. The normalized spacial score (nSPS) is 13.1. The van der Waals surface area contributed by atoms with Gasteiger partial charge in [0.2, 0.25) is 0 Å². The first kappa shape index (κ1) is 23.3. The highest BCUT2D eigenvalue weighted by Gasteiger charge is 2.21. The third kappa shape index (κ3) is 7.77. The maximum absolute atomic E-state index is 12.3. The predicted molar refractivity (Wildman–Crippen MR) is 117 cm³/mol. The molecule has 3 N–H and O–H groups in total. The van der Waals surface area contributed by atoms with Crippen LogP contribution in [0.4, 0.5) is 4.79 Å². The number of amides is 1. The van der Waals surface area contributed by atoms with Gasteiger partial charge in [-0.25, -0.2) is 4.79 Å². The number of nitrogens with one attached hydrogen (secondary N) is 3. The van der Waals surface area contributed by atoms with Gasteiger partial charge in [0.05, 0.1) is 18.3 Å². The predicted octanol–water partition coefficient (Wildman–Crippen LogP) is 3.73. The van der Waals surface area contributed by atoms with Crippen LogP contribution < -0.4 is 16.0 Å². The highest BCUT2D eigenvalue weighted by Crippen LogP contribution is 2.15. The first-order chi connectivity index (χ1) is 14.2. The summed E-state index contributed by atoms with van der Waals surface area (Å²) in [6.45, 7) is 10.5. The van der Waals surface area contributed by atoms with Crippen molar-refractivity contribution in [3.63, 3.8) is 0 Å². The fourth-order valence-electron chi connectivity index (χ4n) is 2.66. The minimum atomic E-state index is -0.567. The van der Waals surface area contributed by atoms with E-state index in [2.05, 4.69) is 39.9 Å². The van der Waals surface area contributed by atoms with E-state index in [1.807, 2.05) is 57.2 Å². The number of hydrogen-bond acceptors (Lipinski definition) is 5. The summed E-state index contributed by atoms with van der Waals surface area (Å²) in [6.07, 6.45) is -0.469. The fourth-order valence-corrected chi connectivity index (χ4v) is 2.66. The number of rotatable bonds is 7. The quantitative estimate of drug-likeness (QED) is 0.471. The lowest BCUT2D eigenvalue weighted by Gasteiger charge is -2.24. The molecule has 0 aliphatic carbocycles. The Morgan fingerprint density at radius 2 is 1.90 bits per heavy atom. The maximum Gasteiger partial charge on any atom is 0.408 e. The van der Waals surface area contributed by atoms with Gasteiger partial charge in [-0.3, -0.25) is 4.99 Å². The first-order valence-electron chi connectivity index (χ1n) is 10.1. The Morgan fingerprint density at radius 1 is 1.20 bits per heavy atom. The molecule has 0 fully saturated rings. The van der Waals surface area contributed by atoms with Gasteiger partial charge in [0.1, 0.15) is 5.60 Å². The van der Waals surface area contributed by atoms with Crippen LogP contribution in [0.1, 0.15) is 63.6 Å². The molecule has 2 aromatic rings. The minimum absolute atomic E-state index is 0.294. The van der Waals surface area contributed by atoms with Gasteiger partial charge in [0.15, 0.2) is 11.7 Å². The van der Waals surface area contributed by atoms with Gasteiger partial charge in [-0.2, -0.15) is 0 Å². The number of guanidine groups is 1. The van der Waals surface area contributed by atoms with E-state index in [1.165, 1.54) is 0 Å². The van der Waals surface area contributed by atoms with Gasteiger partial charge in [-0.1, -0.05) is 49.3 Å². The van der Waals surface area contributed by atoms with Crippen molar-refractivity contribution in [2.24, 2.45) is 4.99 Å². The third-order valence-electron chi connectivity index (χ3n) is 4.19. The highest BCUT2D eigenvalue weighted by atomic mass is 16.6. The second-order valence-corrected chi connectivity index (χ2v) is 8.29. The number of aliphatic imine (C=N–C) groups is 1. The first-order valence-corrected chi connectivity index (χ1v) is 10.1. The van der Waals surface area contributed by atoms with Gasteiger partial charge < -0.3 is 25.2 Å². The van der Waals surface area contributed by atoms with Crippen molar-refractivity contribution in [1.29, 1.82) is 0 Å². The molecule has 0 bridgehead atoms. The second kappa shape index (κ2) is 10.7. The topological polar surface area (TPSA) is 101 Å². The molecule has 1 heterocycles. The Hall–Kier alpha value is -3.03. The number of hydrogen-bond donors (Lipinski definition) is 3. The smallest absolute Gasteiger partial charge is 0.408 e. The van der Waals surface area contributed by atoms with Crippen LogP contribution in [0.25, 0.3) is 0 Å². The van der Waals surface area contributed by atoms with Crippen LogP contribution in [-0.4, -0.2) is 36.4 Å². The molecule has 0 aliphatic rings. The lowest BCUT2D eigenvalue weighted by molar-refractivity contribution is 0.0504. The number of carbonyl (C=O) groups excluding carboxylic acids is 1. The molecule has 0 aliphatic heterocycles. The lowest BCUT2D eigenvalue weighted by atomic mass is 10.1. The van der Waals surface area contributed by atoms with E-state index in [9.17, 15) is 4.79 Å². The van der Waals surface area contributed by atoms with Crippen LogP contribution in [0.3, 0.4) is 0 Å². The average Bonchev–Trinajstić information content (AvgIpc) is 3.16. The molecule has 8 heteroatoms. The van der Waals surface area contributed by atoms with E-state index in [0.717, 1.165) is 17.0 Å². The SMILES string of the molecule is CN=C(NCc1cc(C(C)C)no1)NCC(NC(=O)OC(C)(C)C)c1ccccc1. The summed E-state index contributed by atoms with van der Waals surface area (Å²) in [5, 5.41) is 13.4. The van der Waals surface area contributed by atoms with E-state index in [4.69, 9.17) is 9.26 Å². The molecule has 1 unspecified atom stereocenters. The van der Waals surface area contributed by atoms with Gasteiger partial charge in [-0.15, -0.1) is 0 Å². The molecular weight excluding hydrogens is 382 g/mol. The lowest BCUT2D eigenvalue weighted by Crippen LogP contribution is -2.44. The number of benzene rings is 1. The summed E-state index contributed by atoms with van der Waals surface area (Å²) in [7, 11) is 1.69. The van der Waals surface area contributed by atoms with Crippen molar-refractivity contribution in [3.8, 4) is 0 Å². The van der Waals surface area contributed by atoms with Crippen LogP contribution >= 0.6 is 0 Å². The van der Waals surface area contributed by atoms with Gasteiger partial charge >= 0.3 is 6.09 Å². The van der Waals surface area contributed by atoms with Crippen LogP contribution in [-0.2, 0) is 11.3 Å². The van der Waals surface area contributed by atoms with E-state index in [1.54, 1.807) is 7.05 Å². The molecule has 0 saturated heterocycles. The number of alkyl carbamates (subject to hydrolysis) is 1. The molecule has 1 amide bonds. The average molecular weight is 416 g/mol. The molecule has 0 radical (unpaired) electrons. The number of ether oxygens (including phenoxy) is 1. The zero-order valence-electron chi connectivity index (χ0n) is 18.7. The number of nitrogens with zero attached hydrogens (tertiary/aromatic N) is 2. The monoisotopic (exact) mass is 415 g/mol. The minimum Gasteiger partial charge on any atom is -0.444 e. The van der Waals surface area contributed by atoms with Crippen molar-refractivity contribution in [2.75, 3.05) is 13.6 Å². The summed E-state index contributed by atoms with van der Waals surface area (Å²) < 4.78 is 10.8. The second-order valence-electron chi connectivity index (χ2n) is 8.29. The highest BCUT2D eigenvalue weighted by molar-refractivity contribution is 5.79. The Bertz CT molecular complexity index is 825. The third-order valence-corrected chi connectivity index (χ3v) is 4.19. The molecule has 2 rings (SSSR count).